The van der Waals surface area contributed by atoms with E-state index in [0.29, 0.717) is 36.5 Å². The van der Waals surface area contributed by atoms with Crippen LogP contribution in [0, 0.1) is 0 Å². The molecule has 1 aliphatic heterocycles. The summed E-state index contributed by atoms with van der Waals surface area (Å²) in [5.74, 6) is 0.0209. The molecule has 1 N–H and O–H groups in total. The maximum absolute atomic E-state index is 13.5. The first-order valence-electron chi connectivity index (χ1n) is 12.0. The van der Waals surface area contributed by atoms with Crippen LogP contribution in [0.4, 0.5) is 11.4 Å². The van der Waals surface area contributed by atoms with Crippen molar-refractivity contribution >= 4 is 33.0 Å². The van der Waals surface area contributed by atoms with Gasteiger partial charge in [-0.2, -0.15) is 14.4 Å². The number of carbonyl (C=O) groups excluding carboxylic acids is 1. The minimum Gasteiger partial charge on any atom is -0.494 e. The van der Waals surface area contributed by atoms with Gasteiger partial charge in [0.25, 0.3) is 5.91 Å². The molecule has 0 bridgehead atoms. The highest BCUT2D eigenvalue weighted by Crippen LogP contribution is 2.36. The second-order valence-corrected chi connectivity index (χ2v) is 9.99. The molecule has 0 fully saturated rings. The number of nitrogens with zero attached hydrogens (tertiary/aromatic N) is 3. The van der Waals surface area contributed by atoms with E-state index in [1.807, 2.05) is 31.2 Å². The average Bonchev–Trinajstić information content (AvgIpc) is 3.17. The predicted octanol–water partition coefficient (Wildman–Crippen LogP) is 4.79. The summed E-state index contributed by atoms with van der Waals surface area (Å²) >= 11 is 0. The van der Waals surface area contributed by atoms with Crippen LogP contribution in [0.15, 0.2) is 64.2 Å². The molecule has 0 aliphatic carbocycles. The fourth-order valence-corrected chi connectivity index (χ4v) is 5.49. The molecule has 0 saturated carbocycles. The number of rotatable bonds is 11. The van der Waals surface area contributed by atoms with Crippen LogP contribution in [-0.2, 0) is 21.2 Å². The van der Waals surface area contributed by atoms with E-state index >= 15 is 0 Å². The van der Waals surface area contributed by atoms with Crippen LogP contribution in [0.3, 0.4) is 0 Å². The fourth-order valence-electron chi connectivity index (χ4n) is 4.02. The van der Waals surface area contributed by atoms with Crippen LogP contribution in [0.1, 0.15) is 46.1 Å². The third-order valence-corrected chi connectivity index (χ3v) is 7.98. The third-order valence-electron chi connectivity index (χ3n) is 5.93. The molecule has 1 amide bonds. The lowest BCUT2D eigenvalue weighted by Crippen LogP contribution is -2.31. The van der Waals surface area contributed by atoms with Crippen molar-refractivity contribution in [2.45, 2.75) is 51.9 Å². The Morgan fingerprint density at radius 2 is 1.80 bits per heavy atom. The summed E-state index contributed by atoms with van der Waals surface area (Å²) in [7, 11) is -2.24. The predicted molar refractivity (Wildman–Crippen MR) is 140 cm³/mol. The minimum absolute atomic E-state index is 0.0875. The molecule has 1 heterocycles. The van der Waals surface area contributed by atoms with Crippen molar-refractivity contribution < 1.29 is 17.9 Å². The number of anilines is 2. The number of sulfonamides is 1. The molecule has 0 aromatic heterocycles. The molecule has 0 atom stereocenters. The number of nitrogens with one attached hydrogen (secondary N) is 1. The van der Waals surface area contributed by atoms with Gasteiger partial charge in [0, 0.05) is 25.0 Å². The van der Waals surface area contributed by atoms with Crippen molar-refractivity contribution in [3.8, 4) is 5.75 Å². The Labute approximate surface area is 208 Å². The summed E-state index contributed by atoms with van der Waals surface area (Å²) in [5.41, 5.74) is 3.43. The van der Waals surface area contributed by atoms with E-state index in [1.165, 1.54) is 28.6 Å². The molecular formula is C26H34N4O4S. The van der Waals surface area contributed by atoms with E-state index in [-0.39, 0.29) is 16.5 Å². The maximum Gasteiger partial charge on any atom is 0.282 e. The summed E-state index contributed by atoms with van der Waals surface area (Å²) in [4.78, 5) is 13.6. The molecular weight excluding hydrogens is 464 g/mol. The third kappa shape index (κ3) is 5.41. The maximum atomic E-state index is 13.5. The van der Waals surface area contributed by atoms with Crippen LogP contribution in [0.2, 0.25) is 0 Å². The van der Waals surface area contributed by atoms with Gasteiger partial charge < -0.3 is 10.1 Å². The molecule has 2 aromatic rings. The zero-order valence-electron chi connectivity index (χ0n) is 21.0. The standard InChI is InChI=1S/C26H34N4O4S/c1-6-12-23-21(18-27-22-14-11-10-13-19(22)7-2)26(31)30(28-23)24-17-20(15-16-25(24)34-5)35(32,33)29(8-3)9-4/h10-11,13-18,27H,6-9,12H2,1-5H3/b21-18+. The number of amides is 1. The molecule has 3 rings (SSSR count). The van der Waals surface area contributed by atoms with Gasteiger partial charge in [-0.25, -0.2) is 8.42 Å². The summed E-state index contributed by atoms with van der Waals surface area (Å²) in [6.45, 7) is 8.37. The number of hydrogen-bond acceptors (Lipinski definition) is 6. The molecule has 1 aliphatic rings. The van der Waals surface area contributed by atoms with Crippen LogP contribution in [-0.4, -0.2) is 44.5 Å². The van der Waals surface area contributed by atoms with Gasteiger partial charge in [0.15, 0.2) is 0 Å². The van der Waals surface area contributed by atoms with Gasteiger partial charge in [-0.3, -0.25) is 4.79 Å². The molecule has 35 heavy (non-hydrogen) atoms. The number of methoxy groups -OCH3 is 1. The van der Waals surface area contributed by atoms with Crippen LogP contribution in [0.5, 0.6) is 5.75 Å². The number of hydrazone groups is 1. The number of benzene rings is 2. The average molecular weight is 499 g/mol. The molecule has 9 heteroatoms. The Bertz CT molecular complexity index is 1230. The fraction of sp³-hybridized carbons (Fsp3) is 0.385. The van der Waals surface area contributed by atoms with E-state index in [1.54, 1.807) is 26.1 Å². The van der Waals surface area contributed by atoms with Crippen molar-refractivity contribution in [1.82, 2.24) is 4.31 Å². The van der Waals surface area contributed by atoms with E-state index < -0.39 is 10.0 Å². The van der Waals surface area contributed by atoms with Gasteiger partial charge in [-0.1, -0.05) is 52.3 Å². The molecule has 0 radical (unpaired) electrons. The summed E-state index contributed by atoms with van der Waals surface area (Å²) < 4.78 is 33.1. The smallest absolute Gasteiger partial charge is 0.282 e. The van der Waals surface area contributed by atoms with E-state index in [2.05, 4.69) is 17.3 Å². The zero-order valence-corrected chi connectivity index (χ0v) is 21.9. The van der Waals surface area contributed by atoms with E-state index in [9.17, 15) is 13.2 Å². The molecule has 2 aromatic carbocycles. The number of carbonyl (C=O) groups is 1. The van der Waals surface area contributed by atoms with Crippen LogP contribution >= 0.6 is 0 Å². The first-order valence-corrected chi connectivity index (χ1v) is 13.4. The Kier molecular flexibility index (Phi) is 8.69. The topological polar surface area (TPSA) is 91.3 Å². The number of aryl methyl sites for hydroxylation is 1. The van der Waals surface area contributed by atoms with Crippen LogP contribution < -0.4 is 15.1 Å². The second-order valence-electron chi connectivity index (χ2n) is 8.05. The van der Waals surface area contributed by atoms with Crippen molar-refractivity contribution in [2.24, 2.45) is 5.10 Å². The van der Waals surface area contributed by atoms with Crippen molar-refractivity contribution in [3.63, 3.8) is 0 Å². The molecule has 188 valence electrons. The normalized spacial score (nSPS) is 15.1. The zero-order chi connectivity index (χ0) is 25.6. The summed E-state index contributed by atoms with van der Waals surface area (Å²) in [5, 5.41) is 9.09. The van der Waals surface area contributed by atoms with E-state index in [4.69, 9.17) is 4.74 Å². The minimum atomic E-state index is -3.72. The van der Waals surface area contributed by atoms with Gasteiger partial charge in [-0.15, -0.1) is 0 Å². The lowest BCUT2D eigenvalue weighted by molar-refractivity contribution is -0.114. The number of para-hydroxylation sites is 1. The lowest BCUT2D eigenvalue weighted by atomic mass is 10.1. The Hall–Kier alpha value is -3.17. The number of ether oxygens (including phenoxy) is 1. The van der Waals surface area contributed by atoms with Crippen LogP contribution in [0.25, 0.3) is 0 Å². The lowest BCUT2D eigenvalue weighted by Gasteiger charge is -2.21. The van der Waals surface area contributed by atoms with Gasteiger partial charge in [0.05, 0.1) is 23.3 Å². The van der Waals surface area contributed by atoms with Gasteiger partial charge in [0.2, 0.25) is 10.0 Å². The van der Waals surface area contributed by atoms with E-state index in [0.717, 1.165) is 24.1 Å². The van der Waals surface area contributed by atoms with Gasteiger partial charge in [0.1, 0.15) is 11.4 Å². The van der Waals surface area contributed by atoms with Crippen molar-refractivity contribution in [1.29, 1.82) is 0 Å². The highest BCUT2D eigenvalue weighted by Gasteiger charge is 2.34. The molecule has 0 saturated heterocycles. The monoisotopic (exact) mass is 498 g/mol. The Balaban J connectivity index is 2.04. The first-order chi connectivity index (χ1) is 16.8. The van der Waals surface area contributed by atoms with Crippen molar-refractivity contribution in [2.75, 3.05) is 30.5 Å². The number of hydrogen-bond donors (Lipinski definition) is 1. The van der Waals surface area contributed by atoms with Gasteiger partial charge >= 0.3 is 0 Å². The Morgan fingerprint density at radius 3 is 2.43 bits per heavy atom. The Morgan fingerprint density at radius 1 is 1.09 bits per heavy atom. The molecule has 8 nitrogen and oxygen atoms in total. The highest BCUT2D eigenvalue weighted by atomic mass is 32.2. The second kappa shape index (κ2) is 11.5. The van der Waals surface area contributed by atoms with Crippen molar-refractivity contribution in [3.05, 3.63) is 59.8 Å². The summed E-state index contributed by atoms with van der Waals surface area (Å²) in [6, 6.07) is 12.4. The molecule has 0 unspecified atom stereocenters. The quantitative estimate of drug-likeness (QED) is 0.450. The summed E-state index contributed by atoms with van der Waals surface area (Å²) in [6.07, 6.45) is 3.95. The molecule has 0 spiro atoms. The SMILES string of the molecule is CCCC1=NN(c2cc(S(=O)(=O)N(CC)CC)ccc2OC)C(=O)/C1=C/Nc1ccccc1CC. The first kappa shape index (κ1) is 26.4. The van der Waals surface area contributed by atoms with Gasteiger partial charge in [-0.05, 0) is 42.7 Å². The highest BCUT2D eigenvalue weighted by molar-refractivity contribution is 7.89. The largest absolute Gasteiger partial charge is 0.494 e.